The minimum Gasteiger partial charge on any atom is -0.461 e. The van der Waals surface area contributed by atoms with Crippen LogP contribution in [0.3, 0.4) is 0 Å². The molecule has 2 atom stereocenters. The van der Waals surface area contributed by atoms with E-state index in [2.05, 4.69) is 13.2 Å². The van der Waals surface area contributed by atoms with Gasteiger partial charge < -0.3 is 9.47 Å². The Morgan fingerprint density at radius 1 is 1.18 bits per heavy atom. The highest BCUT2D eigenvalue weighted by Crippen LogP contribution is 2.38. The molecule has 1 aliphatic rings. The minimum atomic E-state index is -0.410. The van der Waals surface area contributed by atoms with Crippen molar-refractivity contribution in [2.75, 3.05) is 19.0 Å². The summed E-state index contributed by atoms with van der Waals surface area (Å²) < 4.78 is 10.1. The van der Waals surface area contributed by atoms with E-state index in [1.165, 1.54) is 0 Å². The van der Waals surface area contributed by atoms with E-state index >= 15 is 0 Å². The fraction of sp³-hybridized carbons (Fsp3) is 0.455. The van der Waals surface area contributed by atoms with Gasteiger partial charge in [0.25, 0.3) is 0 Å². The van der Waals surface area contributed by atoms with Crippen LogP contribution in [0.2, 0.25) is 0 Å². The van der Waals surface area contributed by atoms with Crippen molar-refractivity contribution in [1.82, 2.24) is 0 Å². The third-order valence-electron chi connectivity index (χ3n) is 1.92. The highest BCUT2D eigenvalue weighted by Gasteiger charge is 2.27. The van der Waals surface area contributed by atoms with Crippen LogP contribution in [0.4, 0.5) is 0 Å². The lowest BCUT2D eigenvalue weighted by molar-refractivity contribution is -0.138. The summed E-state index contributed by atoms with van der Waals surface area (Å²) >= 11 is 3.35. The summed E-state index contributed by atoms with van der Waals surface area (Å²) in [6.07, 6.45) is 2.30. The lowest BCUT2D eigenvalue weighted by Gasteiger charge is -2.10. The zero-order valence-electron chi connectivity index (χ0n) is 9.29. The molecule has 0 radical (unpaired) electrons. The standard InChI is InChI=1S/C11H14O4S2/c1-3-9(12)14-5-8-7-16-11(17-8)6-15-10(13)4-2/h3-4,8,11H,1-2,5-7H2. The molecule has 0 aliphatic carbocycles. The van der Waals surface area contributed by atoms with Crippen molar-refractivity contribution in [3.63, 3.8) is 0 Å². The van der Waals surface area contributed by atoms with Crippen LogP contribution in [0.15, 0.2) is 25.3 Å². The van der Waals surface area contributed by atoms with E-state index in [9.17, 15) is 9.59 Å². The molecule has 1 saturated heterocycles. The summed E-state index contributed by atoms with van der Waals surface area (Å²) in [5.41, 5.74) is 0. The van der Waals surface area contributed by atoms with Crippen molar-refractivity contribution in [3.8, 4) is 0 Å². The molecule has 0 bridgehead atoms. The zero-order valence-corrected chi connectivity index (χ0v) is 10.9. The molecule has 0 saturated carbocycles. The van der Waals surface area contributed by atoms with Crippen molar-refractivity contribution in [3.05, 3.63) is 25.3 Å². The van der Waals surface area contributed by atoms with E-state index in [1.807, 2.05) is 0 Å². The smallest absolute Gasteiger partial charge is 0.330 e. The number of carbonyl (C=O) groups is 2. The number of hydrogen-bond acceptors (Lipinski definition) is 6. The molecule has 1 aliphatic heterocycles. The number of esters is 2. The largest absolute Gasteiger partial charge is 0.461 e. The molecule has 1 heterocycles. The van der Waals surface area contributed by atoms with Gasteiger partial charge in [-0.25, -0.2) is 9.59 Å². The van der Waals surface area contributed by atoms with Crippen LogP contribution in [0.1, 0.15) is 0 Å². The van der Waals surface area contributed by atoms with Crippen LogP contribution in [0.5, 0.6) is 0 Å². The van der Waals surface area contributed by atoms with Gasteiger partial charge in [0.2, 0.25) is 0 Å². The maximum absolute atomic E-state index is 10.9. The van der Waals surface area contributed by atoms with Gasteiger partial charge in [0.1, 0.15) is 13.2 Å². The molecule has 0 spiro atoms. The molecule has 0 N–H and O–H groups in total. The molecule has 0 aromatic heterocycles. The first-order valence-electron chi connectivity index (χ1n) is 5.01. The number of hydrogen-bond donors (Lipinski definition) is 0. The van der Waals surface area contributed by atoms with Gasteiger partial charge in [0.05, 0.1) is 4.58 Å². The van der Waals surface area contributed by atoms with Crippen molar-refractivity contribution >= 4 is 35.5 Å². The topological polar surface area (TPSA) is 52.6 Å². The molecule has 0 aromatic carbocycles. The Morgan fingerprint density at radius 2 is 1.76 bits per heavy atom. The van der Waals surface area contributed by atoms with E-state index in [4.69, 9.17) is 9.47 Å². The predicted molar refractivity (Wildman–Crippen MR) is 69.9 cm³/mol. The molecule has 1 fully saturated rings. The van der Waals surface area contributed by atoms with Gasteiger partial charge in [-0.1, -0.05) is 13.2 Å². The molecular formula is C11H14O4S2. The molecule has 2 unspecified atom stereocenters. The molecular weight excluding hydrogens is 260 g/mol. The van der Waals surface area contributed by atoms with Crippen LogP contribution >= 0.6 is 23.5 Å². The van der Waals surface area contributed by atoms with E-state index in [0.717, 1.165) is 17.9 Å². The number of thioether (sulfide) groups is 2. The Bertz CT molecular complexity index is 287. The minimum absolute atomic E-state index is 0.200. The summed E-state index contributed by atoms with van der Waals surface area (Å²) in [6, 6.07) is 0. The first kappa shape index (κ1) is 14.2. The molecule has 0 amide bonds. The Balaban J connectivity index is 2.18. The monoisotopic (exact) mass is 274 g/mol. The van der Waals surface area contributed by atoms with Crippen molar-refractivity contribution in [1.29, 1.82) is 0 Å². The van der Waals surface area contributed by atoms with Gasteiger partial charge in [-0.05, 0) is 0 Å². The number of carbonyl (C=O) groups excluding carboxylic acids is 2. The lowest BCUT2D eigenvalue weighted by atomic mass is 10.5. The third kappa shape index (κ3) is 5.32. The number of rotatable bonds is 6. The van der Waals surface area contributed by atoms with Crippen molar-refractivity contribution in [2.24, 2.45) is 0 Å². The summed E-state index contributed by atoms with van der Waals surface area (Å²) in [6.45, 7) is 7.37. The van der Waals surface area contributed by atoms with Gasteiger partial charge >= 0.3 is 11.9 Å². The normalized spacial score (nSPS) is 22.8. The number of ether oxygens (including phenoxy) is 2. The molecule has 94 valence electrons. The van der Waals surface area contributed by atoms with Gasteiger partial charge in [-0.2, -0.15) is 0 Å². The molecule has 17 heavy (non-hydrogen) atoms. The average molecular weight is 274 g/mol. The Morgan fingerprint density at radius 3 is 2.35 bits per heavy atom. The second kappa shape index (κ2) is 7.45. The second-order valence-electron chi connectivity index (χ2n) is 3.19. The van der Waals surface area contributed by atoms with E-state index in [-0.39, 0.29) is 9.83 Å². The highest BCUT2D eigenvalue weighted by atomic mass is 32.2. The van der Waals surface area contributed by atoms with E-state index in [1.54, 1.807) is 23.5 Å². The molecule has 4 nitrogen and oxygen atoms in total. The van der Waals surface area contributed by atoms with Crippen LogP contribution in [0.25, 0.3) is 0 Å². The molecule has 0 aromatic rings. The van der Waals surface area contributed by atoms with Crippen LogP contribution < -0.4 is 0 Å². The highest BCUT2D eigenvalue weighted by molar-refractivity contribution is 8.20. The van der Waals surface area contributed by atoms with E-state index in [0.29, 0.717) is 13.2 Å². The van der Waals surface area contributed by atoms with Crippen LogP contribution in [-0.4, -0.2) is 40.7 Å². The van der Waals surface area contributed by atoms with Gasteiger partial charge in [0, 0.05) is 23.2 Å². The van der Waals surface area contributed by atoms with Crippen LogP contribution in [0, 0.1) is 0 Å². The summed E-state index contributed by atoms with van der Waals surface area (Å²) in [5.74, 6) is 0.0654. The quantitative estimate of drug-likeness (QED) is 0.542. The SMILES string of the molecule is C=CC(=O)OCC1CSC(COC(=O)C=C)S1. The third-order valence-corrected chi connectivity index (χ3v) is 5.10. The fourth-order valence-corrected chi connectivity index (χ4v) is 4.11. The lowest BCUT2D eigenvalue weighted by Crippen LogP contribution is -2.15. The van der Waals surface area contributed by atoms with Gasteiger partial charge in [0.15, 0.2) is 0 Å². The predicted octanol–water partition coefficient (Wildman–Crippen LogP) is 1.62. The first-order chi connectivity index (χ1) is 8.15. The summed E-state index contributed by atoms with van der Waals surface area (Å²) in [7, 11) is 0. The van der Waals surface area contributed by atoms with Crippen molar-refractivity contribution in [2.45, 2.75) is 9.83 Å². The zero-order chi connectivity index (χ0) is 12.7. The van der Waals surface area contributed by atoms with Crippen molar-refractivity contribution < 1.29 is 19.1 Å². The Hall–Kier alpha value is -0.880. The average Bonchev–Trinajstić information content (AvgIpc) is 2.80. The Labute approximate surface area is 109 Å². The van der Waals surface area contributed by atoms with Crippen LogP contribution in [-0.2, 0) is 19.1 Å². The molecule has 1 rings (SSSR count). The maximum atomic E-state index is 10.9. The molecule has 6 heteroatoms. The Kier molecular flexibility index (Phi) is 6.21. The van der Waals surface area contributed by atoms with Gasteiger partial charge in [-0.15, -0.1) is 23.5 Å². The maximum Gasteiger partial charge on any atom is 0.330 e. The van der Waals surface area contributed by atoms with Gasteiger partial charge in [-0.3, -0.25) is 0 Å². The summed E-state index contributed by atoms with van der Waals surface area (Å²) in [4.78, 5) is 21.7. The fourth-order valence-electron chi connectivity index (χ4n) is 1.13. The first-order valence-corrected chi connectivity index (χ1v) is 7.00. The van der Waals surface area contributed by atoms with E-state index < -0.39 is 11.9 Å². The summed E-state index contributed by atoms with van der Waals surface area (Å²) in [5, 5.41) is 0.247. The second-order valence-corrected chi connectivity index (χ2v) is 6.23.